The van der Waals surface area contributed by atoms with Crippen molar-refractivity contribution in [3.8, 4) is 0 Å². The first kappa shape index (κ1) is 18.5. The van der Waals surface area contributed by atoms with Crippen molar-refractivity contribution in [1.82, 2.24) is 4.90 Å². The molecular weight excluding hydrogens is 350 g/mol. The molecule has 0 radical (unpaired) electrons. The average molecular weight is 371 g/mol. The first-order chi connectivity index (χ1) is 12.7. The van der Waals surface area contributed by atoms with Crippen LogP contribution in [0.5, 0.6) is 0 Å². The number of esters is 1. The zero-order valence-corrected chi connectivity index (χ0v) is 15.4. The summed E-state index contributed by atoms with van der Waals surface area (Å²) in [4.78, 5) is 28.3. The first-order valence-electron chi connectivity index (χ1n) is 8.46. The van der Waals surface area contributed by atoms with Crippen LogP contribution in [0.25, 0.3) is 0 Å². The van der Waals surface area contributed by atoms with Crippen molar-refractivity contribution in [2.75, 3.05) is 32.6 Å². The van der Waals surface area contributed by atoms with Gasteiger partial charge in [0.25, 0.3) is 5.91 Å². The number of morpholine rings is 1. The van der Waals surface area contributed by atoms with E-state index in [2.05, 4.69) is 0 Å². The minimum absolute atomic E-state index is 0.213. The SMILES string of the molecule is CSc1ccccc1C(=O)O[C@H](C(=O)N1CCOCC1)c1ccccc1. The Hall–Kier alpha value is -2.31. The zero-order chi connectivity index (χ0) is 18.4. The maximum absolute atomic E-state index is 13.0. The molecule has 0 spiro atoms. The van der Waals surface area contributed by atoms with Crippen molar-refractivity contribution in [3.63, 3.8) is 0 Å². The van der Waals surface area contributed by atoms with Crippen molar-refractivity contribution in [3.05, 3.63) is 65.7 Å². The van der Waals surface area contributed by atoms with E-state index in [1.165, 1.54) is 11.8 Å². The number of carbonyl (C=O) groups excluding carboxylic acids is 2. The summed E-state index contributed by atoms with van der Waals surface area (Å²) in [5, 5.41) is 0. The fraction of sp³-hybridized carbons (Fsp3) is 0.300. The second-order valence-electron chi connectivity index (χ2n) is 5.83. The van der Waals surface area contributed by atoms with E-state index in [9.17, 15) is 9.59 Å². The molecule has 136 valence electrons. The smallest absolute Gasteiger partial charge is 0.340 e. The minimum atomic E-state index is -0.961. The molecule has 1 aliphatic heterocycles. The molecule has 2 aromatic rings. The number of nitrogens with zero attached hydrogens (tertiary/aromatic N) is 1. The van der Waals surface area contributed by atoms with E-state index in [1.807, 2.05) is 36.6 Å². The molecule has 0 aromatic heterocycles. The van der Waals surface area contributed by atoms with Crippen molar-refractivity contribution in [1.29, 1.82) is 0 Å². The van der Waals surface area contributed by atoms with Gasteiger partial charge < -0.3 is 14.4 Å². The quantitative estimate of drug-likeness (QED) is 0.597. The maximum Gasteiger partial charge on any atom is 0.340 e. The number of thioether (sulfide) groups is 1. The number of benzene rings is 2. The Morgan fingerprint density at radius 1 is 1.04 bits per heavy atom. The lowest BCUT2D eigenvalue weighted by molar-refractivity contribution is -0.145. The van der Waals surface area contributed by atoms with Crippen LogP contribution in [0, 0.1) is 0 Å². The molecule has 6 heteroatoms. The van der Waals surface area contributed by atoms with E-state index < -0.39 is 12.1 Å². The van der Waals surface area contributed by atoms with E-state index in [-0.39, 0.29) is 5.91 Å². The summed E-state index contributed by atoms with van der Waals surface area (Å²) in [7, 11) is 0. The normalized spacial score (nSPS) is 15.3. The van der Waals surface area contributed by atoms with Gasteiger partial charge in [0.15, 0.2) is 0 Å². The second-order valence-corrected chi connectivity index (χ2v) is 6.68. The molecule has 1 saturated heterocycles. The Kier molecular flexibility index (Phi) is 6.30. The van der Waals surface area contributed by atoms with Gasteiger partial charge in [0.2, 0.25) is 6.10 Å². The predicted molar refractivity (Wildman–Crippen MR) is 100 cm³/mol. The summed E-state index contributed by atoms with van der Waals surface area (Å²) in [5.41, 5.74) is 1.13. The van der Waals surface area contributed by atoms with Crippen LogP contribution < -0.4 is 0 Å². The van der Waals surface area contributed by atoms with Gasteiger partial charge in [0.1, 0.15) is 0 Å². The van der Waals surface area contributed by atoms with Crippen LogP contribution in [0.1, 0.15) is 22.0 Å². The van der Waals surface area contributed by atoms with E-state index in [1.54, 1.807) is 29.2 Å². The lowest BCUT2D eigenvalue weighted by Crippen LogP contribution is -2.44. The molecule has 1 amide bonds. The van der Waals surface area contributed by atoms with Crippen molar-refractivity contribution in [2.45, 2.75) is 11.0 Å². The lowest BCUT2D eigenvalue weighted by atomic mass is 10.1. The third kappa shape index (κ3) is 4.26. The molecule has 2 aromatic carbocycles. The molecule has 0 saturated carbocycles. The van der Waals surface area contributed by atoms with Crippen LogP contribution in [0.4, 0.5) is 0 Å². The summed E-state index contributed by atoms with van der Waals surface area (Å²) in [6, 6.07) is 16.4. The van der Waals surface area contributed by atoms with Crippen molar-refractivity contribution >= 4 is 23.6 Å². The molecule has 0 bridgehead atoms. The molecule has 5 nitrogen and oxygen atoms in total. The molecule has 1 aliphatic rings. The molecule has 26 heavy (non-hydrogen) atoms. The molecule has 1 atom stereocenters. The van der Waals surface area contributed by atoms with Gasteiger partial charge in [-0.2, -0.15) is 0 Å². The highest BCUT2D eigenvalue weighted by Gasteiger charge is 2.31. The van der Waals surface area contributed by atoms with Crippen LogP contribution >= 0.6 is 11.8 Å². The van der Waals surface area contributed by atoms with E-state index in [0.29, 0.717) is 37.4 Å². The Morgan fingerprint density at radius 3 is 2.38 bits per heavy atom. The number of ether oxygens (including phenoxy) is 2. The number of amides is 1. The van der Waals surface area contributed by atoms with Crippen molar-refractivity contribution in [2.24, 2.45) is 0 Å². The second kappa shape index (κ2) is 8.87. The Morgan fingerprint density at radius 2 is 1.69 bits per heavy atom. The summed E-state index contributed by atoms with van der Waals surface area (Å²) in [5.74, 6) is -0.708. The fourth-order valence-corrected chi connectivity index (χ4v) is 3.41. The maximum atomic E-state index is 13.0. The fourth-order valence-electron chi connectivity index (χ4n) is 2.82. The van der Waals surface area contributed by atoms with Crippen LogP contribution in [-0.4, -0.2) is 49.3 Å². The number of carbonyl (C=O) groups is 2. The van der Waals surface area contributed by atoms with E-state index in [4.69, 9.17) is 9.47 Å². The van der Waals surface area contributed by atoms with Gasteiger partial charge >= 0.3 is 5.97 Å². The monoisotopic (exact) mass is 371 g/mol. The van der Waals surface area contributed by atoms with Crippen LogP contribution in [-0.2, 0) is 14.3 Å². The molecular formula is C20H21NO4S. The summed E-state index contributed by atoms with van der Waals surface area (Å²) >= 11 is 1.47. The Bertz CT molecular complexity index is 759. The molecule has 1 heterocycles. The van der Waals surface area contributed by atoms with Gasteiger partial charge in [-0.25, -0.2) is 4.79 Å². The molecule has 3 rings (SSSR count). The van der Waals surface area contributed by atoms with Gasteiger partial charge in [-0.05, 0) is 18.4 Å². The minimum Gasteiger partial charge on any atom is -0.444 e. The largest absolute Gasteiger partial charge is 0.444 e. The van der Waals surface area contributed by atoms with Crippen molar-refractivity contribution < 1.29 is 19.1 Å². The average Bonchev–Trinajstić information content (AvgIpc) is 2.72. The highest BCUT2D eigenvalue weighted by molar-refractivity contribution is 7.98. The molecule has 1 fully saturated rings. The summed E-state index contributed by atoms with van der Waals surface area (Å²) in [6.07, 6.45) is 0.941. The van der Waals surface area contributed by atoms with Crippen LogP contribution in [0.15, 0.2) is 59.5 Å². The standard InChI is InChI=1S/C20H21NO4S/c1-26-17-10-6-5-9-16(17)20(23)25-18(15-7-3-2-4-8-15)19(22)21-11-13-24-14-12-21/h2-10,18H,11-14H2,1H3/t18-/m0/s1. The topological polar surface area (TPSA) is 55.8 Å². The van der Waals surface area contributed by atoms with Gasteiger partial charge in [-0.3, -0.25) is 4.79 Å². The highest BCUT2D eigenvalue weighted by Crippen LogP contribution is 2.26. The zero-order valence-electron chi connectivity index (χ0n) is 14.6. The number of hydrogen-bond donors (Lipinski definition) is 0. The Labute approximate surface area is 157 Å². The molecule has 0 N–H and O–H groups in total. The predicted octanol–water partition coefficient (Wildman–Crippen LogP) is 3.17. The molecule has 0 aliphatic carbocycles. The van der Waals surface area contributed by atoms with Gasteiger partial charge in [-0.1, -0.05) is 42.5 Å². The number of hydrogen-bond acceptors (Lipinski definition) is 5. The van der Waals surface area contributed by atoms with Crippen LogP contribution in [0.2, 0.25) is 0 Å². The van der Waals surface area contributed by atoms with E-state index in [0.717, 1.165) is 4.90 Å². The third-order valence-electron chi connectivity index (χ3n) is 4.20. The van der Waals surface area contributed by atoms with Gasteiger partial charge in [-0.15, -0.1) is 11.8 Å². The summed E-state index contributed by atoms with van der Waals surface area (Å²) in [6.45, 7) is 2.00. The van der Waals surface area contributed by atoms with Gasteiger partial charge in [0, 0.05) is 23.5 Å². The third-order valence-corrected chi connectivity index (χ3v) is 5.00. The Balaban J connectivity index is 1.86. The van der Waals surface area contributed by atoms with Gasteiger partial charge in [0.05, 0.1) is 18.8 Å². The van der Waals surface area contributed by atoms with E-state index >= 15 is 0 Å². The highest BCUT2D eigenvalue weighted by atomic mass is 32.2. The van der Waals surface area contributed by atoms with Crippen LogP contribution in [0.3, 0.4) is 0 Å². The lowest BCUT2D eigenvalue weighted by Gasteiger charge is -2.30. The number of rotatable bonds is 5. The molecule has 0 unspecified atom stereocenters. The summed E-state index contributed by atoms with van der Waals surface area (Å²) < 4.78 is 11.0. The first-order valence-corrected chi connectivity index (χ1v) is 9.68.